The number of benzene rings is 1. The topological polar surface area (TPSA) is 111 Å². The fourth-order valence-corrected chi connectivity index (χ4v) is 2.56. The number of hydrogen-bond donors (Lipinski definition) is 2. The molecular formula is C12H11ClN4O3S. The standard InChI is InChI=1S/C12H11ClN4O3S/c13-8-2-1-7(5-10(8)17(19)20)15-12(18)9-6-21-11(16-9)3-4-14/h1-2,5-6H,3-4,14H2,(H,15,18). The molecular weight excluding hydrogens is 316 g/mol. The second-order valence-electron chi connectivity index (χ2n) is 4.04. The van der Waals surface area contributed by atoms with Crippen molar-refractivity contribution in [3.63, 3.8) is 0 Å². The number of carbonyl (C=O) groups is 1. The van der Waals surface area contributed by atoms with Gasteiger partial charge < -0.3 is 11.1 Å². The van der Waals surface area contributed by atoms with E-state index in [0.29, 0.717) is 13.0 Å². The van der Waals surface area contributed by atoms with E-state index >= 15 is 0 Å². The molecule has 0 spiro atoms. The molecule has 0 aliphatic rings. The SMILES string of the molecule is NCCc1nc(C(=O)Nc2ccc(Cl)c([N+](=O)[O-])c2)cs1. The van der Waals surface area contributed by atoms with Crippen LogP contribution in [0, 0.1) is 10.1 Å². The number of halogens is 1. The molecule has 21 heavy (non-hydrogen) atoms. The van der Waals surface area contributed by atoms with E-state index < -0.39 is 10.8 Å². The molecule has 0 fully saturated rings. The lowest BCUT2D eigenvalue weighted by Gasteiger charge is -2.03. The highest BCUT2D eigenvalue weighted by molar-refractivity contribution is 7.09. The van der Waals surface area contributed by atoms with Gasteiger partial charge in [-0.3, -0.25) is 14.9 Å². The summed E-state index contributed by atoms with van der Waals surface area (Å²) < 4.78 is 0. The normalized spacial score (nSPS) is 10.4. The Morgan fingerprint density at radius 2 is 2.29 bits per heavy atom. The van der Waals surface area contributed by atoms with Gasteiger partial charge in [-0.1, -0.05) is 11.6 Å². The number of nitrogens with two attached hydrogens (primary N) is 1. The maximum Gasteiger partial charge on any atom is 0.289 e. The number of carbonyl (C=O) groups excluding carboxylic acids is 1. The number of nitrogens with zero attached hydrogens (tertiary/aromatic N) is 2. The summed E-state index contributed by atoms with van der Waals surface area (Å²) >= 11 is 7.05. The van der Waals surface area contributed by atoms with Crippen molar-refractivity contribution < 1.29 is 9.72 Å². The van der Waals surface area contributed by atoms with E-state index in [2.05, 4.69) is 10.3 Å². The van der Waals surface area contributed by atoms with E-state index in [1.807, 2.05) is 0 Å². The first kappa shape index (κ1) is 15.4. The number of rotatable bonds is 5. The Hall–Kier alpha value is -2.03. The summed E-state index contributed by atoms with van der Waals surface area (Å²) in [6, 6.07) is 4.05. The van der Waals surface area contributed by atoms with Gasteiger partial charge in [0, 0.05) is 23.6 Å². The molecule has 0 bridgehead atoms. The molecule has 0 saturated carbocycles. The van der Waals surface area contributed by atoms with Crippen LogP contribution in [0.4, 0.5) is 11.4 Å². The number of nitrogens with one attached hydrogen (secondary N) is 1. The maximum absolute atomic E-state index is 12.0. The molecule has 0 saturated heterocycles. The number of thiazole rings is 1. The zero-order valence-electron chi connectivity index (χ0n) is 10.7. The Bertz CT molecular complexity index is 689. The number of aromatic nitrogens is 1. The van der Waals surface area contributed by atoms with Crippen LogP contribution in [0.15, 0.2) is 23.6 Å². The van der Waals surface area contributed by atoms with Gasteiger partial charge in [-0.05, 0) is 18.7 Å². The van der Waals surface area contributed by atoms with E-state index in [1.165, 1.54) is 29.5 Å². The van der Waals surface area contributed by atoms with E-state index in [1.54, 1.807) is 5.38 Å². The predicted molar refractivity (Wildman–Crippen MR) is 80.9 cm³/mol. The highest BCUT2D eigenvalue weighted by atomic mass is 35.5. The summed E-state index contributed by atoms with van der Waals surface area (Å²) in [5.74, 6) is -0.439. The monoisotopic (exact) mass is 326 g/mol. The van der Waals surface area contributed by atoms with Crippen molar-refractivity contribution in [1.82, 2.24) is 4.98 Å². The van der Waals surface area contributed by atoms with E-state index in [4.69, 9.17) is 17.3 Å². The molecule has 0 radical (unpaired) electrons. The third kappa shape index (κ3) is 3.75. The summed E-state index contributed by atoms with van der Waals surface area (Å²) in [5, 5.41) is 15.7. The Kier molecular flexibility index (Phi) is 4.84. The van der Waals surface area contributed by atoms with Gasteiger partial charge in [0.05, 0.1) is 9.93 Å². The largest absolute Gasteiger partial charge is 0.330 e. The lowest BCUT2D eigenvalue weighted by Crippen LogP contribution is -2.13. The smallest absolute Gasteiger partial charge is 0.289 e. The van der Waals surface area contributed by atoms with Crippen molar-refractivity contribution in [3.05, 3.63) is 49.4 Å². The molecule has 0 unspecified atom stereocenters. The molecule has 1 heterocycles. The molecule has 7 nitrogen and oxygen atoms in total. The molecule has 0 aliphatic carbocycles. The lowest BCUT2D eigenvalue weighted by atomic mass is 10.2. The minimum atomic E-state index is -0.611. The van der Waals surface area contributed by atoms with Gasteiger partial charge >= 0.3 is 0 Å². The molecule has 3 N–H and O–H groups in total. The number of anilines is 1. The third-order valence-corrected chi connectivity index (χ3v) is 3.77. The summed E-state index contributed by atoms with van der Waals surface area (Å²) in [5.41, 5.74) is 5.68. The van der Waals surface area contributed by atoms with Crippen LogP contribution < -0.4 is 11.1 Å². The van der Waals surface area contributed by atoms with Crippen LogP contribution >= 0.6 is 22.9 Å². The van der Waals surface area contributed by atoms with Crippen LogP contribution in [0.2, 0.25) is 5.02 Å². The summed E-state index contributed by atoms with van der Waals surface area (Å²) in [4.78, 5) is 26.3. The maximum atomic E-state index is 12.0. The van der Waals surface area contributed by atoms with Crippen LogP contribution in [0.5, 0.6) is 0 Å². The van der Waals surface area contributed by atoms with Crippen LogP contribution in [-0.2, 0) is 6.42 Å². The van der Waals surface area contributed by atoms with Gasteiger partial charge in [0.1, 0.15) is 10.7 Å². The van der Waals surface area contributed by atoms with Crippen molar-refractivity contribution in [2.45, 2.75) is 6.42 Å². The number of nitro benzene ring substituents is 1. The molecule has 0 atom stereocenters. The van der Waals surface area contributed by atoms with Crippen molar-refractivity contribution in [1.29, 1.82) is 0 Å². The molecule has 0 aliphatic heterocycles. The number of amides is 1. The quantitative estimate of drug-likeness (QED) is 0.647. The Balaban J connectivity index is 2.15. The Morgan fingerprint density at radius 3 is 2.95 bits per heavy atom. The number of nitro groups is 1. The van der Waals surface area contributed by atoms with Crippen LogP contribution in [-0.4, -0.2) is 22.4 Å². The van der Waals surface area contributed by atoms with Gasteiger partial charge in [0.2, 0.25) is 0 Å². The molecule has 9 heteroatoms. The van der Waals surface area contributed by atoms with Crippen molar-refractivity contribution in [2.75, 3.05) is 11.9 Å². The van der Waals surface area contributed by atoms with E-state index in [-0.39, 0.29) is 22.1 Å². The van der Waals surface area contributed by atoms with E-state index in [9.17, 15) is 14.9 Å². The van der Waals surface area contributed by atoms with Crippen LogP contribution in [0.3, 0.4) is 0 Å². The zero-order valence-corrected chi connectivity index (χ0v) is 12.3. The highest BCUT2D eigenvalue weighted by Crippen LogP contribution is 2.27. The van der Waals surface area contributed by atoms with Crippen LogP contribution in [0.1, 0.15) is 15.5 Å². The molecule has 1 aromatic carbocycles. The van der Waals surface area contributed by atoms with E-state index in [0.717, 1.165) is 5.01 Å². The fraction of sp³-hybridized carbons (Fsp3) is 0.167. The third-order valence-electron chi connectivity index (χ3n) is 2.54. The summed E-state index contributed by atoms with van der Waals surface area (Å²) in [6.07, 6.45) is 0.602. The highest BCUT2D eigenvalue weighted by Gasteiger charge is 2.15. The van der Waals surface area contributed by atoms with Gasteiger partial charge in [0.25, 0.3) is 11.6 Å². The molecule has 1 amide bonds. The van der Waals surface area contributed by atoms with Gasteiger partial charge in [0.15, 0.2) is 0 Å². The first-order valence-electron chi connectivity index (χ1n) is 5.91. The lowest BCUT2D eigenvalue weighted by molar-refractivity contribution is -0.384. The predicted octanol–water partition coefficient (Wildman–Crippen LogP) is 2.46. The number of hydrogen-bond acceptors (Lipinski definition) is 6. The molecule has 1 aromatic heterocycles. The van der Waals surface area contributed by atoms with Crippen molar-refractivity contribution in [2.24, 2.45) is 5.73 Å². The summed E-state index contributed by atoms with van der Waals surface area (Å²) in [7, 11) is 0. The minimum Gasteiger partial charge on any atom is -0.330 e. The minimum absolute atomic E-state index is 0.0110. The second kappa shape index (κ2) is 6.61. The average Bonchev–Trinajstić information content (AvgIpc) is 2.90. The first-order chi connectivity index (χ1) is 10.0. The van der Waals surface area contributed by atoms with Crippen molar-refractivity contribution in [3.8, 4) is 0 Å². The second-order valence-corrected chi connectivity index (χ2v) is 5.39. The van der Waals surface area contributed by atoms with Crippen molar-refractivity contribution >= 4 is 40.2 Å². The molecule has 2 aromatic rings. The zero-order chi connectivity index (χ0) is 15.4. The summed E-state index contributed by atoms with van der Waals surface area (Å²) in [6.45, 7) is 0.456. The van der Waals surface area contributed by atoms with Gasteiger partial charge in [-0.2, -0.15) is 0 Å². The molecule has 110 valence electrons. The molecule has 2 rings (SSSR count). The van der Waals surface area contributed by atoms with Crippen LogP contribution in [0.25, 0.3) is 0 Å². The fourth-order valence-electron chi connectivity index (χ4n) is 1.58. The Labute approximate surface area is 128 Å². The van der Waals surface area contributed by atoms with Gasteiger partial charge in [-0.15, -0.1) is 11.3 Å². The first-order valence-corrected chi connectivity index (χ1v) is 7.17. The average molecular weight is 327 g/mol. The Morgan fingerprint density at radius 1 is 1.52 bits per heavy atom. The van der Waals surface area contributed by atoms with Gasteiger partial charge in [-0.25, -0.2) is 4.98 Å².